The van der Waals surface area contributed by atoms with E-state index < -0.39 is 0 Å². The van der Waals surface area contributed by atoms with Gasteiger partial charge in [0.1, 0.15) is 5.69 Å². The van der Waals surface area contributed by atoms with E-state index in [0.29, 0.717) is 29.5 Å². The molecule has 2 heterocycles. The number of anilines is 1. The highest BCUT2D eigenvalue weighted by molar-refractivity contribution is 5.89. The predicted molar refractivity (Wildman–Crippen MR) is 97.6 cm³/mol. The van der Waals surface area contributed by atoms with Crippen molar-refractivity contribution in [1.29, 1.82) is 0 Å². The smallest absolute Gasteiger partial charge is 0.322 e. The summed E-state index contributed by atoms with van der Waals surface area (Å²) in [6.07, 6.45) is 1.75. The number of amides is 2. The molecule has 5 nitrogen and oxygen atoms in total. The minimum absolute atomic E-state index is 0.169. The monoisotopic (exact) mass is 337 g/mol. The minimum atomic E-state index is -0.176. The molecule has 2 fully saturated rings. The fraction of sp³-hybridized carbons (Fsp3) is 0.400. The van der Waals surface area contributed by atoms with Gasteiger partial charge in [0.25, 0.3) is 5.56 Å². The lowest BCUT2D eigenvalue weighted by Gasteiger charge is -2.22. The number of fused-ring (bicyclic) bond motifs is 1. The Balaban J connectivity index is 1.45. The average molecular weight is 337 g/mol. The molecular formula is C20H23N3O2. The van der Waals surface area contributed by atoms with Crippen molar-refractivity contribution in [3.05, 3.63) is 64.6 Å². The molecule has 1 aliphatic carbocycles. The zero-order valence-electron chi connectivity index (χ0n) is 14.6. The maximum absolute atomic E-state index is 12.6. The van der Waals surface area contributed by atoms with Crippen molar-refractivity contribution in [2.45, 2.75) is 20.4 Å². The molecule has 1 saturated carbocycles. The normalized spacial score (nSPS) is 23.2. The number of carbonyl (C=O) groups is 1. The van der Waals surface area contributed by atoms with Gasteiger partial charge in [-0.1, -0.05) is 44.2 Å². The molecule has 2 atom stereocenters. The second kappa shape index (κ2) is 5.76. The first-order chi connectivity index (χ1) is 12.0. The molecule has 0 bridgehead atoms. The van der Waals surface area contributed by atoms with Crippen molar-refractivity contribution in [3.63, 3.8) is 0 Å². The number of hydrogen-bond donors (Lipinski definition) is 1. The number of likely N-dealkylation sites (tertiary alicyclic amines) is 1. The highest BCUT2D eigenvalue weighted by Gasteiger charge is 2.62. The molecule has 1 N–H and O–H groups in total. The summed E-state index contributed by atoms with van der Waals surface area (Å²) in [5.74, 6) is 1.20. The van der Waals surface area contributed by atoms with E-state index in [1.165, 1.54) is 0 Å². The maximum Gasteiger partial charge on any atom is 0.322 e. The van der Waals surface area contributed by atoms with Crippen LogP contribution in [0.5, 0.6) is 0 Å². The van der Waals surface area contributed by atoms with Crippen molar-refractivity contribution in [2.24, 2.45) is 17.3 Å². The van der Waals surface area contributed by atoms with Crippen LogP contribution in [-0.2, 0) is 6.54 Å². The number of urea groups is 1. The Morgan fingerprint density at radius 2 is 1.80 bits per heavy atom. The molecule has 25 heavy (non-hydrogen) atoms. The third kappa shape index (κ3) is 2.84. The van der Waals surface area contributed by atoms with E-state index in [-0.39, 0.29) is 11.6 Å². The van der Waals surface area contributed by atoms with Crippen LogP contribution in [0.15, 0.2) is 53.5 Å². The van der Waals surface area contributed by atoms with Gasteiger partial charge in [0, 0.05) is 19.3 Å². The number of rotatable bonds is 3. The third-order valence-corrected chi connectivity index (χ3v) is 5.87. The van der Waals surface area contributed by atoms with Gasteiger partial charge in [0.15, 0.2) is 0 Å². The number of piperidine rings is 1. The summed E-state index contributed by atoms with van der Waals surface area (Å²) >= 11 is 0. The van der Waals surface area contributed by atoms with Crippen LogP contribution in [0, 0.1) is 17.3 Å². The summed E-state index contributed by atoms with van der Waals surface area (Å²) in [5.41, 5.74) is 1.58. The maximum atomic E-state index is 12.6. The minimum Gasteiger partial charge on any atom is -0.324 e. The van der Waals surface area contributed by atoms with E-state index in [9.17, 15) is 9.59 Å². The molecule has 1 aromatic heterocycles. The Bertz CT molecular complexity index is 843. The second-order valence-corrected chi connectivity index (χ2v) is 7.71. The van der Waals surface area contributed by atoms with Gasteiger partial charge >= 0.3 is 6.03 Å². The Kier molecular flexibility index (Phi) is 3.67. The summed E-state index contributed by atoms with van der Waals surface area (Å²) in [4.78, 5) is 26.9. The first-order valence-electron chi connectivity index (χ1n) is 8.76. The average Bonchev–Trinajstić information content (AvgIpc) is 2.96. The fourth-order valence-corrected chi connectivity index (χ4v) is 4.03. The van der Waals surface area contributed by atoms with Crippen LogP contribution >= 0.6 is 0 Å². The number of nitrogens with zero attached hydrogens (tertiary/aromatic N) is 2. The van der Waals surface area contributed by atoms with E-state index >= 15 is 0 Å². The van der Waals surface area contributed by atoms with Crippen LogP contribution in [0.3, 0.4) is 0 Å². The summed E-state index contributed by atoms with van der Waals surface area (Å²) < 4.78 is 1.62. The first-order valence-corrected chi connectivity index (χ1v) is 8.76. The Hall–Kier alpha value is -2.56. The van der Waals surface area contributed by atoms with Gasteiger partial charge in [0.05, 0.1) is 6.54 Å². The lowest BCUT2D eigenvalue weighted by molar-refractivity contribution is 0.209. The van der Waals surface area contributed by atoms with Gasteiger partial charge in [-0.2, -0.15) is 0 Å². The van der Waals surface area contributed by atoms with Crippen molar-refractivity contribution in [3.8, 4) is 0 Å². The van der Waals surface area contributed by atoms with Gasteiger partial charge in [0.2, 0.25) is 0 Å². The summed E-state index contributed by atoms with van der Waals surface area (Å²) in [5, 5.41) is 2.80. The van der Waals surface area contributed by atoms with Gasteiger partial charge < -0.3 is 14.8 Å². The molecule has 5 heteroatoms. The number of benzene rings is 1. The topological polar surface area (TPSA) is 54.3 Å². The zero-order valence-corrected chi connectivity index (χ0v) is 14.6. The number of aromatic nitrogens is 1. The van der Waals surface area contributed by atoms with Crippen LogP contribution in [0.1, 0.15) is 19.4 Å². The first kappa shape index (κ1) is 15.9. The molecule has 0 radical (unpaired) electrons. The van der Waals surface area contributed by atoms with Crippen LogP contribution in [0.25, 0.3) is 0 Å². The van der Waals surface area contributed by atoms with E-state index in [1.54, 1.807) is 22.9 Å². The lowest BCUT2D eigenvalue weighted by atomic mass is 10.1. The Morgan fingerprint density at radius 3 is 2.48 bits per heavy atom. The Labute approximate surface area is 147 Å². The van der Waals surface area contributed by atoms with Gasteiger partial charge in [-0.15, -0.1) is 0 Å². The molecule has 1 aromatic carbocycles. The largest absolute Gasteiger partial charge is 0.324 e. The van der Waals surface area contributed by atoms with Crippen molar-refractivity contribution >= 4 is 11.7 Å². The molecule has 2 aliphatic rings. The fourth-order valence-electron chi connectivity index (χ4n) is 4.03. The zero-order chi connectivity index (χ0) is 17.6. The Morgan fingerprint density at radius 1 is 1.12 bits per heavy atom. The van der Waals surface area contributed by atoms with Crippen LogP contribution in [0.2, 0.25) is 0 Å². The molecule has 0 spiro atoms. The molecule has 2 aromatic rings. The number of hydrogen-bond acceptors (Lipinski definition) is 2. The molecule has 130 valence electrons. The summed E-state index contributed by atoms with van der Waals surface area (Å²) in [6, 6.07) is 13.1. The van der Waals surface area contributed by atoms with E-state index in [4.69, 9.17) is 0 Å². The second-order valence-electron chi connectivity index (χ2n) is 7.71. The van der Waals surface area contributed by atoms with E-state index in [1.807, 2.05) is 35.2 Å². The van der Waals surface area contributed by atoms with Crippen molar-refractivity contribution < 1.29 is 4.79 Å². The quantitative estimate of drug-likeness (QED) is 0.936. The molecule has 0 unspecified atom stereocenters. The van der Waals surface area contributed by atoms with Crippen LogP contribution in [-0.4, -0.2) is 28.6 Å². The number of carbonyl (C=O) groups excluding carboxylic acids is 1. The molecule has 1 saturated heterocycles. The SMILES string of the molecule is CC1(C)[C@@H]2CN(C(=O)Nc3cccn(Cc4ccccc4)c3=O)C[C@@H]21. The molecule has 4 rings (SSSR count). The standard InChI is InChI=1S/C20H23N3O2/c1-20(2)15-12-23(13-16(15)20)19(25)21-17-9-6-10-22(18(17)24)11-14-7-4-3-5-8-14/h3-10,15-16H,11-13H2,1-2H3,(H,21,25)/t15-,16+. The summed E-state index contributed by atoms with van der Waals surface area (Å²) in [6.45, 7) is 6.59. The molecule has 1 aliphatic heterocycles. The molecular weight excluding hydrogens is 314 g/mol. The summed E-state index contributed by atoms with van der Waals surface area (Å²) in [7, 11) is 0. The van der Waals surface area contributed by atoms with E-state index in [0.717, 1.165) is 18.7 Å². The van der Waals surface area contributed by atoms with Crippen LogP contribution < -0.4 is 10.9 Å². The van der Waals surface area contributed by atoms with Gasteiger partial charge in [-0.25, -0.2) is 4.79 Å². The van der Waals surface area contributed by atoms with E-state index in [2.05, 4.69) is 19.2 Å². The number of nitrogens with one attached hydrogen (secondary N) is 1. The predicted octanol–water partition coefficient (Wildman–Crippen LogP) is 3.02. The van der Waals surface area contributed by atoms with Crippen molar-refractivity contribution in [2.75, 3.05) is 18.4 Å². The lowest BCUT2D eigenvalue weighted by Crippen LogP contribution is -2.38. The highest BCUT2D eigenvalue weighted by atomic mass is 16.2. The number of pyridine rings is 1. The molecule has 2 amide bonds. The third-order valence-electron chi connectivity index (χ3n) is 5.87. The highest BCUT2D eigenvalue weighted by Crippen LogP contribution is 2.61. The van der Waals surface area contributed by atoms with Gasteiger partial charge in [-0.05, 0) is 34.9 Å². The van der Waals surface area contributed by atoms with Gasteiger partial charge in [-0.3, -0.25) is 4.79 Å². The van der Waals surface area contributed by atoms with Crippen molar-refractivity contribution in [1.82, 2.24) is 9.47 Å². The van der Waals surface area contributed by atoms with Crippen LogP contribution in [0.4, 0.5) is 10.5 Å².